The first-order valence-electron chi connectivity index (χ1n) is 8.82. The number of benzene rings is 1. The van der Waals surface area contributed by atoms with Gasteiger partial charge in [0, 0.05) is 23.8 Å². The maximum Gasteiger partial charge on any atom is 0.357 e. The van der Waals surface area contributed by atoms with Crippen molar-refractivity contribution in [2.45, 2.75) is 33.2 Å². The highest BCUT2D eigenvalue weighted by atomic mass is 32.1. The lowest BCUT2D eigenvalue weighted by Crippen LogP contribution is -2.23. The van der Waals surface area contributed by atoms with Crippen LogP contribution in [-0.4, -0.2) is 33.7 Å². The second kappa shape index (κ2) is 9.23. The quantitative estimate of drug-likeness (QED) is 0.579. The lowest BCUT2D eigenvalue weighted by atomic mass is 10.1. The van der Waals surface area contributed by atoms with Crippen molar-refractivity contribution in [1.82, 2.24) is 20.5 Å². The summed E-state index contributed by atoms with van der Waals surface area (Å²) in [6.45, 7) is 4.29. The number of carbonyl (C=O) groups excluding carboxylic acids is 2. The van der Waals surface area contributed by atoms with Crippen LogP contribution in [0.2, 0.25) is 0 Å². The molecule has 0 fully saturated rings. The number of nitrogens with zero attached hydrogens (tertiary/aromatic N) is 3. The van der Waals surface area contributed by atoms with Gasteiger partial charge in [-0.2, -0.15) is 0 Å². The summed E-state index contributed by atoms with van der Waals surface area (Å²) in [5, 5.41) is 13.0. The summed E-state index contributed by atoms with van der Waals surface area (Å²) in [5.41, 5.74) is 2.25. The number of thiazole rings is 1. The van der Waals surface area contributed by atoms with Crippen LogP contribution >= 0.6 is 11.3 Å². The van der Waals surface area contributed by atoms with Crippen LogP contribution in [0.25, 0.3) is 11.5 Å². The Kier molecular flexibility index (Phi) is 6.49. The van der Waals surface area contributed by atoms with Gasteiger partial charge in [0.2, 0.25) is 17.7 Å². The molecule has 0 unspecified atom stereocenters. The van der Waals surface area contributed by atoms with Crippen LogP contribution in [0.5, 0.6) is 0 Å². The van der Waals surface area contributed by atoms with Crippen molar-refractivity contribution in [3.63, 3.8) is 0 Å². The van der Waals surface area contributed by atoms with Crippen molar-refractivity contribution in [2.24, 2.45) is 0 Å². The molecular formula is C19H20N4O4S. The summed E-state index contributed by atoms with van der Waals surface area (Å²) in [4.78, 5) is 27.8. The highest BCUT2D eigenvalue weighted by Crippen LogP contribution is 2.18. The molecule has 3 aromatic rings. The van der Waals surface area contributed by atoms with Gasteiger partial charge in [0.25, 0.3) is 0 Å². The van der Waals surface area contributed by atoms with Crippen molar-refractivity contribution in [3.05, 3.63) is 51.8 Å². The predicted molar refractivity (Wildman–Crippen MR) is 103 cm³/mol. The van der Waals surface area contributed by atoms with Crippen molar-refractivity contribution < 1.29 is 18.7 Å². The highest BCUT2D eigenvalue weighted by molar-refractivity contribution is 7.09. The van der Waals surface area contributed by atoms with Crippen LogP contribution in [0, 0.1) is 6.92 Å². The molecule has 0 atom stereocenters. The van der Waals surface area contributed by atoms with Crippen molar-refractivity contribution in [1.29, 1.82) is 0 Å². The average molecular weight is 400 g/mol. The molecule has 0 aliphatic carbocycles. The molecule has 0 aliphatic rings. The summed E-state index contributed by atoms with van der Waals surface area (Å²) in [6.07, 6.45) is 0.558. The number of nitrogens with one attached hydrogen (secondary N) is 1. The number of aryl methyl sites for hydroxylation is 2. The smallest absolute Gasteiger partial charge is 0.357 e. The average Bonchev–Trinajstić information content (AvgIpc) is 3.35. The lowest BCUT2D eigenvalue weighted by Gasteiger charge is -2.01. The number of amides is 1. The van der Waals surface area contributed by atoms with E-state index in [9.17, 15) is 9.59 Å². The Morgan fingerprint density at radius 2 is 2.00 bits per heavy atom. The van der Waals surface area contributed by atoms with Gasteiger partial charge in [-0.05, 0) is 26.0 Å². The topological polar surface area (TPSA) is 107 Å². The minimum atomic E-state index is -0.461. The minimum absolute atomic E-state index is 0.164. The first kappa shape index (κ1) is 19.7. The number of rotatable bonds is 8. The normalized spacial score (nSPS) is 10.6. The van der Waals surface area contributed by atoms with Crippen LogP contribution in [0.4, 0.5) is 0 Å². The van der Waals surface area contributed by atoms with E-state index >= 15 is 0 Å². The van der Waals surface area contributed by atoms with E-state index in [-0.39, 0.29) is 24.6 Å². The SMILES string of the molecule is CCOC(=O)c1csc(CNC(=O)CCc2nnc(-c3ccc(C)cc3)o2)n1. The summed E-state index contributed by atoms with van der Waals surface area (Å²) in [7, 11) is 0. The van der Waals surface area contributed by atoms with E-state index in [4.69, 9.17) is 9.15 Å². The zero-order chi connectivity index (χ0) is 19.9. The Balaban J connectivity index is 1.46. The Morgan fingerprint density at radius 1 is 1.21 bits per heavy atom. The molecule has 3 rings (SSSR count). The third kappa shape index (κ3) is 5.23. The Hall–Kier alpha value is -3.07. The third-order valence-electron chi connectivity index (χ3n) is 3.80. The molecule has 0 saturated heterocycles. The van der Waals surface area contributed by atoms with E-state index < -0.39 is 5.97 Å². The third-order valence-corrected chi connectivity index (χ3v) is 4.65. The molecule has 2 heterocycles. The Labute approximate surface area is 166 Å². The van der Waals surface area contributed by atoms with Gasteiger partial charge in [0.05, 0.1) is 13.2 Å². The molecule has 1 N–H and O–H groups in total. The fourth-order valence-corrected chi connectivity index (χ4v) is 3.04. The number of ether oxygens (including phenoxy) is 1. The number of hydrogen-bond acceptors (Lipinski definition) is 8. The number of carbonyl (C=O) groups is 2. The number of esters is 1. The molecule has 0 saturated carbocycles. The van der Waals surface area contributed by atoms with E-state index in [1.54, 1.807) is 12.3 Å². The second-order valence-electron chi connectivity index (χ2n) is 5.99. The molecular weight excluding hydrogens is 380 g/mol. The number of hydrogen-bond donors (Lipinski definition) is 1. The van der Waals surface area contributed by atoms with Gasteiger partial charge in [-0.15, -0.1) is 21.5 Å². The van der Waals surface area contributed by atoms with Crippen molar-refractivity contribution in [2.75, 3.05) is 6.61 Å². The molecule has 1 aromatic carbocycles. The van der Waals surface area contributed by atoms with Crippen molar-refractivity contribution >= 4 is 23.2 Å². The molecule has 1 amide bonds. The Morgan fingerprint density at radius 3 is 2.75 bits per heavy atom. The monoisotopic (exact) mass is 400 g/mol. The largest absolute Gasteiger partial charge is 0.461 e. The van der Waals surface area contributed by atoms with E-state index in [1.807, 2.05) is 31.2 Å². The zero-order valence-corrected chi connectivity index (χ0v) is 16.4. The molecule has 2 aromatic heterocycles. The van der Waals surface area contributed by atoms with Gasteiger partial charge in [-0.3, -0.25) is 4.79 Å². The summed E-state index contributed by atoms with van der Waals surface area (Å²) in [5.74, 6) is 0.217. The molecule has 146 valence electrons. The summed E-state index contributed by atoms with van der Waals surface area (Å²) in [6, 6.07) is 7.77. The van der Waals surface area contributed by atoms with E-state index in [1.165, 1.54) is 11.3 Å². The fraction of sp³-hybridized carbons (Fsp3) is 0.316. The molecule has 0 aliphatic heterocycles. The molecule has 0 spiro atoms. The molecule has 0 bridgehead atoms. The van der Waals surface area contributed by atoms with Gasteiger partial charge in [0.15, 0.2) is 5.69 Å². The van der Waals surface area contributed by atoms with Gasteiger partial charge in [0.1, 0.15) is 5.01 Å². The van der Waals surface area contributed by atoms with Crippen LogP contribution in [-0.2, 0) is 22.5 Å². The number of aromatic nitrogens is 3. The van der Waals surface area contributed by atoms with Gasteiger partial charge >= 0.3 is 5.97 Å². The van der Waals surface area contributed by atoms with E-state index in [2.05, 4.69) is 20.5 Å². The highest BCUT2D eigenvalue weighted by Gasteiger charge is 2.13. The fourth-order valence-electron chi connectivity index (χ4n) is 2.34. The summed E-state index contributed by atoms with van der Waals surface area (Å²) < 4.78 is 10.5. The maximum absolute atomic E-state index is 12.0. The molecule has 0 radical (unpaired) electrons. The van der Waals surface area contributed by atoms with Crippen LogP contribution < -0.4 is 5.32 Å². The lowest BCUT2D eigenvalue weighted by molar-refractivity contribution is -0.121. The maximum atomic E-state index is 12.0. The first-order chi connectivity index (χ1) is 13.5. The molecule has 28 heavy (non-hydrogen) atoms. The minimum Gasteiger partial charge on any atom is -0.461 e. The molecule has 8 nitrogen and oxygen atoms in total. The zero-order valence-electron chi connectivity index (χ0n) is 15.6. The van der Waals surface area contributed by atoms with Gasteiger partial charge in [-0.25, -0.2) is 9.78 Å². The van der Waals surface area contributed by atoms with Crippen LogP contribution in [0.1, 0.15) is 40.3 Å². The van der Waals surface area contributed by atoms with Crippen LogP contribution in [0.3, 0.4) is 0 Å². The van der Waals surface area contributed by atoms with E-state index in [0.717, 1.165) is 11.1 Å². The van der Waals surface area contributed by atoms with Crippen molar-refractivity contribution in [3.8, 4) is 11.5 Å². The standard InChI is InChI=1S/C19H20N4O4S/c1-3-26-19(25)14-11-28-17(21-14)10-20-15(24)8-9-16-22-23-18(27-16)13-6-4-12(2)5-7-13/h4-7,11H,3,8-10H2,1-2H3,(H,20,24). The second-order valence-corrected chi connectivity index (χ2v) is 6.93. The predicted octanol–water partition coefficient (Wildman–Crippen LogP) is 2.93. The van der Waals surface area contributed by atoms with E-state index in [0.29, 0.717) is 29.8 Å². The molecule has 9 heteroatoms. The van der Waals surface area contributed by atoms with Crippen LogP contribution in [0.15, 0.2) is 34.1 Å². The first-order valence-corrected chi connectivity index (χ1v) is 9.70. The summed E-state index contributed by atoms with van der Waals surface area (Å²) >= 11 is 1.29. The van der Waals surface area contributed by atoms with Gasteiger partial charge < -0.3 is 14.5 Å². The van der Waals surface area contributed by atoms with Gasteiger partial charge in [-0.1, -0.05) is 17.7 Å². The Bertz CT molecular complexity index is 949.